The molecule has 0 N–H and O–H groups in total. The van der Waals surface area contributed by atoms with Gasteiger partial charge in [0, 0.05) is 18.0 Å². The summed E-state index contributed by atoms with van der Waals surface area (Å²) in [6.07, 6.45) is 1.94. The Labute approximate surface area is 143 Å². The Bertz CT molecular complexity index is 650. The number of thiophene rings is 1. The fourth-order valence-electron chi connectivity index (χ4n) is 2.48. The molecule has 0 saturated carbocycles. The minimum Gasteiger partial charge on any atom is -0.495 e. The van der Waals surface area contributed by atoms with Crippen LogP contribution in [0.2, 0.25) is 0 Å². The first-order valence-corrected chi connectivity index (χ1v) is 8.79. The molecule has 3 rings (SSSR count). The molecule has 4 nitrogen and oxygen atoms in total. The monoisotopic (exact) mass is 379 g/mol. The van der Waals surface area contributed by atoms with Gasteiger partial charge < -0.3 is 9.64 Å². The van der Waals surface area contributed by atoms with E-state index in [-0.39, 0.29) is 0 Å². The lowest BCUT2D eigenvalue weighted by atomic mass is 10.2. The topological polar surface area (TPSA) is 28.1 Å². The minimum absolute atomic E-state index is 0.918. The number of rotatable bonds is 4. The van der Waals surface area contributed by atoms with Crippen LogP contribution in [0.5, 0.6) is 5.75 Å². The quantitative estimate of drug-likeness (QED) is 0.758. The van der Waals surface area contributed by atoms with Gasteiger partial charge >= 0.3 is 0 Å². The van der Waals surface area contributed by atoms with Gasteiger partial charge in [0.25, 0.3) is 0 Å². The number of anilines is 1. The van der Waals surface area contributed by atoms with E-state index in [1.165, 1.54) is 4.88 Å². The summed E-state index contributed by atoms with van der Waals surface area (Å²) in [7, 11) is 1.72. The normalized spacial score (nSPS) is 15.5. The van der Waals surface area contributed by atoms with E-state index in [1.54, 1.807) is 18.4 Å². The summed E-state index contributed by atoms with van der Waals surface area (Å²) in [5.74, 6) is 0.933. The van der Waals surface area contributed by atoms with Gasteiger partial charge in [0.2, 0.25) is 0 Å². The zero-order valence-corrected chi connectivity index (χ0v) is 14.8. The fourth-order valence-corrected chi connectivity index (χ4v) is 3.77. The van der Waals surface area contributed by atoms with Gasteiger partial charge in [0.15, 0.2) is 0 Å². The van der Waals surface area contributed by atoms with Gasteiger partial charge in [-0.05, 0) is 40.2 Å². The smallest absolute Gasteiger partial charge is 0.142 e. The third-order valence-electron chi connectivity index (χ3n) is 3.62. The van der Waals surface area contributed by atoms with Crippen LogP contribution in [0.4, 0.5) is 5.69 Å². The zero-order chi connectivity index (χ0) is 15.4. The van der Waals surface area contributed by atoms with Gasteiger partial charge in [-0.3, -0.25) is 5.01 Å². The van der Waals surface area contributed by atoms with Gasteiger partial charge in [-0.25, -0.2) is 0 Å². The maximum Gasteiger partial charge on any atom is 0.142 e. The lowest BCUT2D eigenvalue weighted by Gasteiger charge is -2.35. The molecular weight excluding hydrogens is 362 g/mol. The molecule has 1 aromatic carbocycles. The SMILES string of the molecule is COc1ccccc1N1CCN(/N=C\c2ccc(Br)s2)CC1. The maximum absolute atomic E-state index is 5.45. The van der Waals surface area contributed by atoms with Gasteiger partial charge in [-0.2, -0.15) is 5.10 Å². The zero-order valence-electron chi connectivity index (χ0n) is 12.4. The summed E-state index contributed by atoms with van der Waals surface area (Å²) in [6, 6.07) is 12.3. The second kappa shape index (κ2) is 7.15. The number of para-hydroxylation sites is 2. The van der Waals surface area contributed by atoms with Crippen LogP contribution in [0, 0.1) is 0 Å². The first kappa shape index (κ1) is 15.4. The summed E-state index contributed by atoms with van der Waals surface area (Å²) in [5, 5.41) is 6.70. The molecule has 0 spiro atoms. The average Bonchev–Trinajstić information content (AvgIpc) is 2.99. The molecule has 1 aromatic heterocycles. The van der Waals surface area contributed by atoms with Crippen molar-refractivity contribution in [2.45, 2.75) is 0 Å². The lowest BCUT2D eigenvalue weighted by Crippen LogP contribution is -2.44. The summed E-state index contributed by atoms with van der Waals surface area (Å²) in [6.45, 7) is 3.74. The van der Waals surface area contributed by atoms with E-state index in [2.05, 4.69) is 49.1 Å². The second-order valence-electron chi connectivity index (χ2n) is 5.00. The van der Waals surface area contributed by atoms with Crippen LogP contribution in [-0.4, -0.2) is 44.5 Å². The minimum atomic E-state index is 0.918. The van der Waals surface area contributed by atoms with Crippen LogP contribution in [-0.2, 0) is 0 Å². The van der Waals surface area contributed by atoms with Crippen molar-refractivity contribution in [3.63, 3.8) is 0 Å². The molecular formula is C16H18BrN3OS. The third kappa shape index (κ3) is 3.62. The molecule has 0 radical (unpaired) electrons. The lowest BCUT2D eigenvalue weighted by molar-refractivity contribution is 0.271. The van der Waals surface area contributed by atoms with Crippen LogP contribution >= 0.6 is 27.3 Å². The van der Waals surface area contributed by atoms with E-state index < -0.39 is 0 Å². The molecule has 0 atom stereocenters. The van der Waals surface area contributed by atoms with Crippen molar-refractivity contribution in [3.8, 4) is 5.75 Å². The van der Waals surface area contributed by atoms with Crippen LogP contribution in [0.25, 0.3) is 0 Å². The Kier molecular flexibility index (Phi) is 5.00. The molecule has 0 unspecified atom stereocenters. The van der Waals surface area contributed by atoms with E-state index in [1.807, 2.05) is 24.4 Å². The highest BCUT2D eigenvalue weighted by molar-refractivity contribution is 9.11. The molecule has 1 aliphatic rings. The van der Waals surface area contributed by atoms with E-state index in [0.29, 0.717) is 0 Å². The molecule has 1 aliphatic heterocycles. The van der Waals surface area contributed by atoms with E-state index in [9.17, 15) is 0 Å². The molecule has 1 saturated heterocycles. The standard InChI is InChI=1S/C16H18BrN3OS/c1-21-15-5-3-2-4-14(15)19-8-10-20(11-9-19)18-12-13-6-7-16(17)22-13/h2-7,12H,8-11H2,1H3/b18-12-. The highest BCUT2D eigenvalue weighted by Crippen LogP contribution is 2.28. The number of halogens is 1. The van der Waals surface area contributed by atoms with Crippen LogP contribution in [0.1, 0.15) is 4.88 Å². The molecule has 2 aromatic rings. The summed E-state index contributed by atoms with van der Waals surface area (Å²) < 4.78 is 6.58. The largest absolute Gasteiger partial charge is 0.495 e. The van der Waals surface area contributed by atoms with Crippen molar-refractivity contribution in [2.75, 3.05) is 38.2 Å². The molecule has 0 aliphatic carbocycles. The highest BCUT2D eigenvalue weighted by atomic mass is 79.9. The van der Waals surface area contributed by atoms with Crippen LogP contribution in [0.3, 0.4) is 0 Å². The maximum atomic E-state index is 5.45. The van der Waals surface area contributed by atoms with Crippen LogP contribution < -0.4 is 9.64 Å². The molecule has 116 valence electrons. The molecule has 0 bridgehead atoms. The molecule has 1 fully saturated rings. The molecule has 6 heteroatoms. The van der Waals surface area contributed by atoms with Crippen molar-refractivity contribution in [1.82, 2.24) is 5.01 Å². The van der Waals surface area contributed by atoms with E-state index >= 15 is 0 Å². The van der Waals surface area contributed by atoms with Gasteiger partial charge in [0.1, 0.15) is 5.75 Å². The Balaban J connectivity index is 1.59. The second-order valence-corrected chi connectivity index (χ2v) is 7.49. The summed E-state index contributed by atoms with van der Waals surface area (Å²) in [4.78, 5) is 3.52. The number of methoxy groups -OCH3 is 1. The number of benzene rings is 1. The van der Waals surface area contributed by atoms with Crippen molar-refractivity contribution in [1.29, 1.82) is 0 Å². The predicted molar refractivity (Wildman–Crippen MR) is 96.4 cm³/mol. The van der Waals surface area contributed by atoms with Gasteiger partial charge in [-0.1, -0.05) is 12.1 Å². The number of hydrogen-bond donors (Lipinski definition) is 0. The average molecular weight is 380 g/mol. The van der Waals surface area contributed by atoms with Crippen molar-refractivity contribution < 1.29 is 4.74 Å². The van der Waals surface area contributed by atoms with Crippen molar-refractivity contribution in [2.24, 2.45) is 5.10 Å². The Hall–Kier alpha value is -1.53. The Morgan fingerprint density at radius 1 is 1.14 bits per heavy atom. The predicted octanol–water partition coefficient (Wildman–Crippen LogP) is 3.68. The van der Waals surface area contributed by atoms with E-state index in [0.717, 1.165) is 41.4 Å². The summed E-state index contributed by atoms with van der Waals surface area (Å²) >= 11 is 5.16. The van der Waals surface area contributed by atoms with Gasteiger partial charge in [0.05, 0.1) is 35.9 Å². The number of nitrogens with zero attached hydrogens (tertiary/aromatic N) is 3. The fraction of sp³-hybridized carbons (Fsp3) is 0.312. The summed E-state index contributed by atoms with van der Waals surface area (Å²) in [5.41, 5.74) is 1.16. The highest BCUT2D eigenvalue weighted by Gasteiger charge is 2.18. The molecule has 0 amide bonds. The number of hydrogen-bond acceptors (Lipinski definition) is 5. The van der Waals surface area contributed by atoms with E-state index in [4.69, 9.17) is 4.74 Å². The number of hydrazone groups is 1. The van der Waals surface area contributed by atoms with Crippen LogP contribution in [0.15, 0.2) is 45.3 Å². The Morgan fingerprint density at radius 3 is 2.59 bits per heavy atom. The first-order valence-electron chi connectivity index (χ1n) is 7.18. The van der Waals surface area contributed by atoms with Crippen molar-refractivity contribution in [3.05, 3.63) is 45.1 Å². The molecule has 2 heterocycles. The van der Waals surface area contributed by atoms with Crippen molar-refractivity contribution >= 4 is 39.2 Å². The third-order valence-corrected chi connectivity index (χ3v) is 5.18. The molecule has 22 heavy (non-hydrogen) atoms. The van der Waals surface area contributed by atoms with Gasteiger partial charge in [-0.15, -0.1) is 11.3 Å². The number of ether oxygens (including phenoxy) is 1. The number of piperazine rings is 1. The Morgan fingerprint density at radius 2 is 1.91 bits per heavy atom. The first-order chi connectivity index (χ1) is 10.8.